The Bertz CT molecular complexity index is 295. The number of carbonyl (C=O) groups excluding carboxylic acids is 1. The van der Waals surface area contributed by atoms with Crippen LogP contribution in [0.15, 0.2) is 24.3 Å². The largest absolute Gasteiger partial charge is 0.546 e. The third-order valence-electron chi connectivity index (χ3n) is 1.23. The molecule has 1 aromatic rings. The summed E-state index contributed by atoms with van der Waals surface area (Å²) in [6.07, 6.45) is 0.641. The van der Waals surface area contributed by atoms with Crippen LogP contribution in [-0.2, 0) is 4.57 Å². The van der Waals surface area contributed by atoms with Gasteiger partial charge in [-0.05, 0) is 10.6 Å². The zero-order valence-corrected chi connectivity index (χ0v) is 6.49. The Morgan fingerprint density at radius 1 is 1.45 bits per heavy atom. The molecule has 1 rings (SSSR count). The van der Waals surface area contributed by atoms with Gasteiger partial charge in [-0.3, -0.25) is 4.79 Å². The molecule has 0 aromatic heterocycles. The van der Waals surface area contributed by atoms with Crippen molar-refractivity contribution in [3.05, 3.63) is 29.8 Å². The number of carbonyl (C=O) groups is 1. The predicted molar refractivity (Wildman–Crippen MR) is 41.3 cm³/mol. The first-order valence-electron chi connectivity index (χ1n) is 2.95. The van der Waals surface area contributed by atoms with Crippen molar-refractivity contribution in [1.29, 1.82) is 0 Å². The van der Waals surface area contributed by atoms with Crippen LogP contribution >= 0.6 is 8.03 Å². The van der Waals surface area contributed by atoms with Gasteiger partial charge in [-0.2, -0.15) is 4.89 Å². The second-order valence-corrected chi connectivity index (χ2v) is 3.05. The smallest absolute Gasteiger partial charge is 0.298 e. The van der Waals surface area contributed by atoms with Crippen LogP contribution in [-0.4, -0.2) is 11.2 Å². The standard InChI is InChI=1S/C7H5O3P/c8-5-6-2-1-3-7(4-6)11(9)10/h1-5H/p+1. The minimum absolute atomic E-state index is 0.282. The van der Waals surface area contributed by atoms with E-state index in [9.17, 15) is 9.36 Å². The number of hydrogen-bond donors (Lipinski definition) is 1. The van der Waals surface area contributed by atoms with E-state index in [4.69, 9.17) is 4.89 Å². The Morgan fingerprint density at radius 2 is 2.18 bits per heavy atom. The van der Waals surface area contributed by atoms with E-state index >= 15 is 0 Å². The van der Waals surface area contributed by atoms with Crippen LogP contribution in [0.1, 0.15) is 10.4 Å². The summed E-state index contributed by atoms with van der Waals surface area (Å²) in [5.41, 5.74) is 0.417. The van der Waals surface area contributed by atoms with Crippen molar-refractivity contribution in [2.24, 2.45) is 0 Å². The number of hydrogen-bond acceptors (Lipinski definition) is 2. The Hall–Kier alpha value is -1.05. The van der Waals surface area contributed by atoms with E-state index in [-0.39, 0.29) is 5.30 Å². The van der Waals surface area contributed by atoms with Gasteiger partial charge in [0.15, 0.2) is 0 Å². The molecule has 1 aromatic carbocycles. The fourth-order valence-electron chi connectivity index (χ4n) is 0.717. The number of benzene rings is 1. The van der Waals surface area contributed by atoms with E-state index in [1.807, 2.05) is 0 Å². The van der Waals surface area contributed by atoms with Gasteiger partial charge in [-0.15, -0.1) is 0 Å². The van der Waals surface area contributed by atoms with Crippen LogP contribution in [0.5, 0.6) is 0 Å². The zero-order valence-electron chi connectivity index (χ0n) is 5.60. The summed E-state index contributed by atoms with van der Waals surface area (Å²) in [5.74, 6) is 0. The summed E-state index contributed by atoms with van der Waals surface area (Å²) >= 11 is 0. The van der Waals surface area contributed by atoms with Gasteiger partial charge >= 0.3 is 8.03 Å². The zero-order chi connectivity index (χ0) is 8.27. The summed E-state index contributed by atoms with van der Waals surface area (Å²) in [6, 6.07) is 6.05. The summed E-state index contributed by atoms with van der Waals surface area (Å²) in [7, 11) is -2.33. The molecule has 1 N–H and O–H groups in total. The SMILES string of the molecule is O=Cc1cccc([P+](=O)O)c1. The monoisotopic (exact) mass is 169 g/mol. The first kappa shape index (κ1) is 8.05. The Kier molecular flexibility index (Phi) is 2.47. The molecule has 0 heterocycles. The summed E-state index contributed by atoms with van der Waals surface area (Å²) in [6.45, 7) is 0. The lowest BCUT2D eigenvalue weighted by molar-refractivity contribution is 0.112. The molecule has 0 saturated carbocycles. The van der Waals surface area contributed by atoms with Gasteiger partial charge in [0.05, 0.1) is 0 Å². The second kappa shape index (κ2) is 3.37. The van der Waals surface area contributed by atoms with Crippen LogP contribution in [0.25, 0.3) is 0 Å². The van der Waals surface area contributed by atoms with Crippen molar-refractivity contribution in [2.45, 2.75) is 0 Å². The van der Waals surface area contributed by atoms with Crippen molar-refractivity contribution in [3.63, 3.8) is 0 Å². The molecule has 11 heavy (non-hydrogen) atoms. The molecule has 3 nitrogen and oxygen atoms in total. The minimum atomic E-state index is -2.33. The highest BCUT2D eigenvalue weighted by Gasteiger charge is 2.15. The lowest BCUT2D eigenvalue weighted by atomic mass is 10.2. The first-order valence-corrected chi connectivity index (χ1v) is 4.16. The van der Waals surface area contributed by atoms with Gasteiger partial charge in [-0.25, -0.2) is 0 Å². The number of aldehydes is 1. The molecule has 4 heteroatoms. The van der Waals surface area contributed by atoms with Crippen LogP contribution in [0.2, 0.25) is 0 Å². The maximum atomic E-state index is 10.5. The Morgan fingerprint density at radius 3 is 2.73 bits per heavy atom. The molecule has 0 aliphatic heterocycles. The van der Waals surface area contributed by atoms with Crippen LogP contribution in [0.4, 0.5) is 0 Å². The van der Waals surface area contributed by atoms with Crippen LogP contribution in [0.3, 0.4) is 0 Å². The molecule has 0 aliphatic rings. The quantitative estimate of drug-likeness (QED) is 0.527. The van der Waals surface area contributed by atoms with Gasteiger partial charge in [-0.1, -0.05) is 12.1 Å². The van der Waals surface area contributed by atoms with E-state index in [0.717, 1.165) is 0 Å². The van der Waals surface area contributed by atoms with Crippen molar-refractivity contribution in [2.75, 3.05) is 0 Å². The maximum Gasteiger partial charge on any atom is 0.546 e. The molecule has 1 unspecified atom stereocenters. The minimum Gasteiger partial charge on any atom is -0.298 e. The van der Waals surface area contributed by atoms with E-state index < -0.39 is 8.03 Å². The molecule has 0 radical (unpaired) electrons. The van der Waals surface area contributed by atoms with E-state index in [1.165, 1.54) is 12.1 Å². The molecule has 0 aliphatic carbocycles. The van der Waals surface area contributed by atoms with Gasteiger partial charge in [0.1, 0.15) is 6.29 Å². The maximum absolute atomic E-state index is 10.5. The fraction of sp³-hybridized carbons (Fsp3) is 0. The molecule has 56 valence electrons. The van der Waals surface area contributed by atoms with Crippen LogP contribution < -0.4 is 5.30 Å². The highest BCUT2D eigenvalue weighted by Crippen LogP contribution is 2.12. The number of rotatable bonds is 2. The average molecular weight is 169 g/mol. The second-order valence-electron chi connectivity index (χ2n) is 1.99. The van der Waals surface area contributed by atoms with Crippen LogP contribution in [0, 0.1) is 0 Å². The molecule has 0 saturated heterocycles. The summed E-state index contributed by atoms with van der Waals surface area (Å²) in [5, 5.41) is 0.282. The third-order valence-corrected chi connectivity index (χ3v) is 1.95. The van der Waals surface area contributed by atoms with Gasteiger partial charge in [0.25, 0.3) is 0 Å². The predicted octanol–water partition coefficient (Wildman–Crippen LogP) is 0.859. The fourth-order valence-corrected chi connectivity index (χ4v) is 1.19. The third kappa shape index (κ3) is 1.93. The molecular formula is C7H6O3P+. The van der Waals surface area contributed by atoms with E-state index in [2.05, 4.69) is 0 Å². The average Bonchev–Trinajstić information content (AvgIpc) is 2.05. The first-order chi connectivity index (χ1) is 5.24. The molecule has 0 amide bonds. The van der Waals surface area contributed by atoms with E-state index in [1.54, 1.807) is 12.1 Å². The highest BCUT2D eigenvalue weighted by atomic mass is 31.1. The lowest BCUT2D eigenvalue weighted by Crippen LogP contribution is -1.96. The van der Waals surface area contributed by atoms with Crippen molar-refractivity contribution >= 4 is 19.6 Å². The Labute approximate surface area is 64.5 Å². The normalized spacial score (nSPS) is 10.8. The lowest BCUT2D eigenvalue weighted by Gasteiger charge is -1.85. The molecular weight excluding hydrogens is 163 g/mol. The highest BCUT2D eigenvalue weighted by molar-refractivity contribution is 7.47. The van der Waals surface area contributed by atoms with Gasteiger partial charge in [0.2, 0.25) is 5.30 Å². The molecule has 0 bridgehead atoms. The molecule has 0 spiro atoms. The molecule has 1 atom stereocenters. The topological polar surface area (TPSA) is 54.4 Å². The summed E-state index contributed by atoms with van der Waals surface area (Å²) in [4.78, 5) is 18.8. The van der Waals surface area contributed by atoms with E-state index in [0.29, 0.717) is 11.8 Å². The Balaban J connectivity index is 3.10. The van der Waals surface area contributed by atoms with Gasteiger partial charge in [0, 0.05) is 11.6 Å². The van der Waals surface area contributed by atoms with Crippen molar-refractivity contribution in [1.82, 2.24) is 0 Å². The van der Waals surface area contributed by atoms with Crippen molar-refractivity contribution in [3.8, 4) is 0 Å². The molecule has 0 fully saturated rings. The van der Waals surface area contributed by atoms with Gasteiger partial charge < -0.3 is 0 Å². The summed E-state index contributed by atoms with van der Waals surface area (Å²) < 4.78 is 10.5. The van der Waals surface area contributed by atoms with Crippen molar-refractivity contribution < 1.29 is 14.3 Å².